The van der Waals surface area contributed by atoms with Gasteiger partial charge in [0.05, 0.1) is 7.11 Å². The number of carboxylic acid groups (broad SMARTS) is 1. The van der Waals surface area contributed by atoms with Crippen molar-refractivity contribution in [3.05, 3.63) is 42.0 Å². The zero-order valence-electron chi connectivity index (χ0n) is 11.2. The number of methoxy groups -OCH3 is 1. The minimum Gasteiger partial charge on any atom is -0.496 e. The van der Waals surface area contributed by atoms with Crippen molar-refractivity contribution in [3.63, 3.8) is 0 Å². The van der Waals surface area contributed by atoms with E-state index in [2.05, 4.69) is 0 Å². The van der Waals surface area contributed by atoms with Crippen LogP contribution in [0, 0.1) is 0 Å². The summed E-state index contributed by atoms with van der Waals surface area (Å²) in [5, 5.41) is 9.18. The van der Waals surface area contributed by atoms with Gasteiger partial charge in [-0.1, -0.05) is 12.1 Å². The summed E-state index contributed by atoms with van der Waals surface area (Å²) in [7, 11) is 1.52. The lowest BCUT2D eigenvalue weighted by Crippen LogP contribution is -2.00. The number of carboxylic acids is 1. The molecule has 0 fully saturated rings. The molecule has 108 valence electrons. The van der Waals surface area contributed by atoms with Crippen molar-refractivity contribution >= 4 is 5.97 Å². The molecule has 0 saturated heterocycles. The molecule has 6 heteroatoms. The van der Waals surface area contributed by atoms with Crippen LogP contribution in [0.15, 0.2) is 36.4 Å². The molecule has 0 aliphatic carbocycles. The van der Waals surface area contributed by atoms with Crippen molar-refractivity contribution in [1.29, 1.82) is 0 Å². The zero-order chi connectivity index (χ0) is 14.8. The zero-order valence-corrected chi connectivity index (χ0v) is 11.2. The van der Waals surface area contributed by atoms with Gasteiger partial charge in [0.2, 0.25) is 12.5 Å². The van der Waals surface area contributed by atoms with E-state index in [0.717, 1.165) is 0 Å². The number of ether oxygens (including phenoxy) is 4. The molecule has 0 saturated carbocycles. The van der Waals surface area contributed by atoms with E-state index in [9.17, 15) is 9.90 Å². The molecule has 2 aromatic carbocycles. The van der Waals surface area contributed by atoms with Gasteiger partial charge in [-0.25, -0.2) is 4.79 Å². The average molecular weight is 288 g/mol. The lowest BCUT2D eigenvalue weighted by Gasteiger charge is -2.12. The first-order valence-electron chi connectivity index (χ1n) is 6.17. The van der Waals surface area contributed by atoms with Crippen LogP contribution in [-0.4, -0.2) is 25.0 Å². The summed E-state index contributed by atoms with van der Waals surface area (Å²) in [5.74, 6) is 0.948. The summed E-state index contributed by atoms with van der Waals surface area (Å²) in [5.41, 5.74) is 0.0629. The van der Waals surface area contributed by atoms with E-state index in [0.29, 0.717) is 23.0 Å². The monoisotopic (exact) mass is 288 g/mol. The van der Waals surface area contributed by atoms with Crippen molar-refractivity contribution in [2.75, 3.05) is 13.9 Å². The Kier molecular flexibility index (Phi) is 3.27. The number of hydrogen-bond acceptors (Lipinski definition) is 5. The number of carbonyl (C=O) groups is 1. The number of para-hydroxylation sites is 1. The summed E-state index contributed by atoms with van der Waals surface area (Å²) in [6, 6.07) is 9.66. The number of benzene rings is 2. The van der Waals surface area contributed by atoms with Crippen LogP contribution >= 0.6 is 0 Å². The Hall–Kier alpha value is -2.89. The van der Waals surface area contributed by atoms with Crippen molar-refractivity contribution in [3.8, 4) is 28.7 Å². The van der Waals surface area contributed by atoms with Crippen LogP contribution in [0.25, 0.3) is 0 Å². The first kappa shape index (κ1) is 13.1. The van der Waals surface area contributed by atoms with Crippen molar-refractivity contribution in [2.45, 2.75) is 0 Å². The molecule has 0 radical (unpaired) electrons. The topological polar surface area (TPSA) is 74.2 Å². The van der Waals surface area contributed by atoms with E-state index in [1.807, 2.05) is 0 Å². The third kappa shape index (κ3) is 2.43. The van der Waals surface area contributed by atoms with E-state index < -0.39 is 5.97 Å². The van der Waals surface area contributed by atoms with Gasteiger partial charge in [-0.15, -0.1) is 0 Å². The Balaban J connectivity index is 2.03. The summed E-state index contributed by atoms with van der Waals surface area (Å²) in [6.07, 6.45) is 0. The molecule has 3 rings (SSSR count). The predicted molar refractivity (Wildman–Crippen MR) is 72.6 cm³/mol. The molecule has 21 heavy (non-hydrogen) atoms. The van der Waals surface area contributed by atoms with E-state index in [1.165, 1.54) is 13.2 Å². The highest BCUT2D eigenvalue weighted by molar-refractivity contribution is 5.91. The quantitative estimate of drug-likeness (QED) is 0.932. The van der Waals surface area contributed by atoms with Gasteiger partial charge in [0.25, 0.3) is 0 Å². The van der Waals surface area contributed by atoms with Crippen molar-refractivity contribution in [2.24, 2.45) is 0 Å². The summed E-state index contributed by atoms with van der Waals surface area (Å²) < 4.78 is 21.5. The van der Waals surface area contributed by atoms with Gasteiger partial charge in [-0.2, -0.15) is 0 Å². The fraction of sp³-hybridized carbons (Fsp3) is 0.133. The standard InChI is InChI=1S/C15H12O6/c1-18-9-6-12-14(20-8-19-12)13(7-9)21-11-5-3-2-4-10(11)15(16)17/h2-7H,8H2,1H3,(H,16,17). The number of fused-ring (bicyclic) bond motifs is 1. The van der Waals surface area contributed by atoms with E-state index in [1.54, 1.807) is 30.3 Å². The van der Waals surface area contributed by atoms with Gasteiger partial charge >= 0.3 is 5.97 Å². The molecular weight excluding hydrogens is 276 g/mol. The smallest absolute Gasteiger partial charge is 0.339 e. The minimum atomic E-state index is -1.07. The Labute approximate surface area is 120 Å². The van der Waals surface area contributed by atoms with Gasteiger partial charge < -0.3 is 24.1 Å². The predicted octanol–water partition coefficient (Wildman–Crippen LogP) is 2.91. The SMILES string of the molecule is COc1cc2c(c(Oc3ccccc3C(=O)O)c1)OCO2. The molecule has 1 N–H and O–H groups in total. The Morgan fingerprint density at radius 2 is 2.00 bits per heavy atom. The minimum absolute atomic E-state index is 0.0629. The van der Waals surface area contributed by atoms with Crippen molar-refractivity contribution in [1.82, 2.24) is 0 Å². The molecule has 1 aliphatic rings. The van der Waals surface area contributed by atoms with E-state index in [-0.39, 0.29) is 18.1 Å². The van der Waals surface area contributed by atoms with Crippen molar-refractivity contribution < 1.29 is 28.8 Å². The highest BCUT2D eigenvalue weighted by Crippen LogP contribution is 2.46. The number of hydrogen-bond donors (Lipinski definition) is 1. The van der Waals surface area contributed by atoms with E-state index in [4.69, 9.17) is 18.9 Å². The maximum atomic E-state index is 11.2. The molecule has 0 amide bonds. The van der Waals surface area contributed by atoms with Gasteiger partial charge in [0.1, 0.15) is 17.1 Å². The van der Waals surface area contributed by atoms with Crippen LogP contribution in [-0.2, 0) is 0 Å². The highest BCUT2D eigenvalue weighted by atomic mass is 16.7. The van der Waals surface area contributed by atoms with Gasteiger partial charge in [0.15, 0.2) is 11.5 Å². The molecule has 0 atom stereocenters. The molecule has 0 aromatic heterocycles. The second-order valence-corrected chi connectivity index (χ2v) is 4.26. The second kappa shape index (κ2) is 5.24. The summed E-state index contributed by atoms with van der Waals surface area (Å²) in [4.78, 5) is 11.2. The Morgan fingerprint density at radius 1 is 1.19 bits per heavy atom. The van der Waals surface area contributed by atoms with Crippen LogP contribution in [0.2, 0.25) is 0 Å². The number of rotatable bonds is 4. The van der Waals surface area contributed by atoms with Crippen LogP contribution < -0.4 is 18.9 Å². The molecule has 0 spiro atoms. The largest absolute Gasteiger partial charge is 0.496 e. The molecule has 1 aliphatic heterocycles. The molecule has 1 heterocycles. The third-order valence-electron chi connectivity index (χ3n) is 2.99. The second-order valence-electron chi connectivity index (χ2n) is 4.26. The lowest BCUT2D eigenvalue weighted by molar-refractivity contribution is 0.0694. The first-order chi connectivity index (χ1) is 10.2. The third-order valence-corrected chi connectivity index (χ3v) is 2.99. The van der Waals surface area contributed by atoms with Crippen LogP contribution in [0.3, 0.4) is 0 Å². The lowest BCUT2D eigenvalue weighted by atomic mass is 10.2. The fourth-order valence-electron chi connectivity index (χ4n) is 2.00. The molecule has 6 nitrogen and oxygen atoms in total. The summed E-state index contributed by atoms with van der Waals surface area (Å²) in [6.45, 7) is 0.0828. The fourth-order valence-corrected chi connectivity index (χ4v) is 2.00. The van der Waals surface area contributed by atoms with Gasteiger partial charge in [-0.3, -0.25) is 0 Å². The Morgan fingerprint density at radius 3 is 2.76 bits per heavy atom. The van der Waals surface area contributed by atoms with Gasteiger partial charge in [-0.05, 0) is 12.1 Å². The highest BCUT2D eigenvalue weighted by Gasteiger charge is 2.22. The van der Waals surface area contributed by atoms with Crippen LogP contribution in [0.1, 0.15) is 10.4 Å². The Bertz CT molecular complexity index is 695. The molecular formula is C15H12O6. The number of aromatic carboxylic acids is 1. The molecule has 2 aromatic rings. The van der Waals surface area contributed by atoms with Gasteiger partial charge in [0, 0.05) is 12.1 Å². The summed E-state index contributed by atoms with van der Waals surface area (Å²) >= 11 is 0. The average Bonchev–Trinajstić information content (AvgIpc) is 2.96. The van der Waals surface area contributed by atoms with Crippen LogP contribution in [0.4, 0.5) is 0 Å². The molecule has 0 bridgehead atoms. The molecule has 0 unspecified atom stereocenters. The van der Waals surface area contributed by atoms with E-state index >= 15 is 0 Å². The normalized spacial score (nSPS) is 12.0. The first-order valence-corrected chi connectivity index (χ1v) is 6.17. The van der Waals surface area contributed by atoms with Crippen LogP contribution in [0.5, 0.6) is 28.7 Å². The maximum Gasteiger partial charge on any atom is 0.339 e. The maximum absolute atomic E-state index is 11.2.